The van der Waals surface area contributed by atoms with Crippen molar-refractivity contribution < 1.29 is 23.7 Å². The molecule has 2 atom stereocenters. The first-order valence-corrected chi connectivity index (χ1v) is 11.3. The Morgan fingerprint density at radius 2 is 1.68 bits per heavy atom. The lowest BCUT2D eigenvalue weighted by molar-refractivity contribution is -0.0194. The van der Waals surface area contributed by atoms with E-state index in [0.29, 0.717) is 23.9 Å². The first-order valence-electron chi connectivity index (χ1n) is 11.3. The van der Waals surface area contributed by atoms with Crippen molar-refractivity contribution in [1.29, 1.82) is 0 Å². The molecule has 5 rings (SSSR count). The van der Waals surface area contributed by atoms with Gasteiger partial charge < -0.3 is 23.7 Å². The van der Waals surface area contributed by atoms with Gasteiger partial charge in [0, 0.05) is 17.5 Å². The Morgan fingerprint density at radius 1 is 0.941 bits per heavy atom. The largest absolute Gasteiger partial charge is 0.494 e. The Morgan fingerprint density at radius 3 is 2.32 bits per heavy atom. The van der Waals surface area contributed by atoms with Gasteiger partial charge in [-0.2, -0.15) is 5.10 Å². The number of rotatable bonds is 7. The molecule has 2 aliphatic heterocycles. The fraction of sp³-hybridized carbons (Fsp3) is 0.296. The summed E-state index contributed by atoms with van der Waals surface area (Å²) < 4.78 is 29.0. The van der Waals surface area contributed by atoms with Crippen LogP contribution >= 0.6 is 0 Å². The highest BCUT2D eigenvalue weighted by atomic mass is 16.5. The molecular weight excluding hydrogens is 432 g/mol. The molecule has 0 saturated carbocycles. The molecule has 0 spiro atoms. The molecule has 0 amide bonds. The van der Waals surface area contributed by atoms with Crippen molar-refractivity contribution in [2.45, 2.75) is 25.6 Å². The van der Waals surface area contributed by atoms with Gasteiger partial charge in [-0.3, -0.25) is 0 Å². The number of nitrogens with zero attached hydrogens (tertiary/aromatic N) is 2. The first kappa shape index (κ1) is 21.9. The number of hydrogen-bond acceptors (Lipinski definition) is 7. The van der Waals surface area contributed by atoms with Crippen molar-refractivity contribution in [2.75, 3.05) is 27.9 Å². The standard InChI is InChI=1S/C27H28N2O5/c1-5-33-19-11-12-23-20(15-19)22-16-21(17-9-7-6-8-10-17)28-29(22)27(34-23)18-13-24(30-2)26(32-4)25(14-18)31-3/h6-15,22,27H,5,16H2,1-4H3/t22-,27-/m1/s1. The van der Waals surface area contributed by atoms with E-state index in [0.717, 1.165) is 40.3 Å². The normalized spacial score (nSPS) is 18.4. The lowest BCUT2D eigenvalue weighted by Crippen LogP contribution is -2.33. The number of benzene rings is 3. The molecule has 0 unspecified atom stereocenters. The van der Waals surface area contributed by atoms with Crippen molar-refractivity contribution in [3.63, 3.8) is 0 Å². The highest BCUT2D eigenvalue weighted by Gasteiger charge is 2.41. The van der Waals surface area contributed by atoms with Gasteiger partial charge >= 0.3 is 0 Å². The summed E-state index contributed by atoms with van der Waals surface area (Å²) in [5, 5.41) is 7.07. The molecule has 0 aromatic heterocycles. The predicted molar refractivity (Wildman–Crippen MR) is 129 cm³/mol. The maximum Gasteiger partial charge on any atom is 0.214 e. The van der Waals surface area contributed by atoms with Crippen LogP contribution in [0, 0.1) is 0 Å². The van der Waals surface area contributed by atoms with Crippen molar-refractivity contribution in [1.82, 2.24) is 5.01 Å². The number of fused-ring (bicyclic) bond motifs is 3. The van der Waals surface area contributed by atoms with Crippen molar-refractivity contribution in [2.24, 2.45) is 5.10 Å². The highest BCUT2D eigenvalue weighted by molar-refractivity contribution is 6.01. The molecule has 3 aromatic rings. The fourth-order valence-corrected chi connectivity index (χ4v) is 4.59. The predicted octanol–water partition coefficient (Wildman–Crippen LogP) is 5.35. The molecule has 7 nitrogen and oxygen atoms in total. The van der Waals surface area contributed by atoms with Crippen LogP contribution in [0.1, 0.15) is 42.3 Å². The van der Waals surface area contributed by atoms with Crippen LogP contribution in [-0.2, 0) is 0 Å². The molecule has 0 N–H and O–H groups in total. The van der Waals surface area contributed by atoms with Crippen LogP contribution in [0.4, 0.5) is 0 Å². The molecule has 34 heavy (non-hydrogen) atoms. The monoisotopic (exact) mass is 460 g/mol. The molecule has 2 aliphatic rings. The highest BCUT2D eigenvalue weighted by Crippen LogP contribution is 2.50. The van der Waals surface area contributed by atoms with E-state index in [1.807, 2.05) is 54.4 Å². The minimum Gasteiger partial charge on any atom is -0.494 e. The first-order chi connectivity index (χ1) is 16.7. The van der Waals surface area contributed by atoms with Crippen LogP contribution in [0.25, 0.3) is 0 Å². The third-order valence-corrected chi connectivity index (χ3v) is 6.15. The van der Waals surface area contributed by atoms with Crippen LogP contribution in [0.15, 0.2) is 65.8 Å². The van der Waals surface area contributed by atoms with Gasteiger partial charge in [0.25, 0.3) is 0 Å². The molecule has 0 radical (unpaired) electrons. The van der Waals surface area contributed by atoms with Crippen LogP contribution in [0.5, 0.6) is 28.7 Å². The average molecular weight is 461 g/mol. The van der Waals surface area contributed by atoms with Crippen LogP contribution in [-0.4, -0.2) is 38.7 Å². The van der Waals surface area contributed by atoms with Gasteiger partial charge in [0.1, 0.15) is 11.5 Å². The van der Waals surface area contributed by atoms with E-state index in [9.17, 15) is 0 Å². The Kier molecular flexibility index (Phi) is 5.92. The number of methoxy groups -OCH3 is 3. The molecule has 3 aromatic carbocycles. The van der Waals surface area contributed by atoms with Gasteiger partial charge in [-0.05, 0) is 42.8 Å². The smallest absolute Gasteiger partial charge is 0.214 e. The van der Waals surface area contributed by atoms with E-state index in [1.54, 1.807) is 21.3 Å². The molecule has 0 aliphatic carbocycles. The summed E-state index contributed by atoms with van der Waals surface area (Å²) in [5.41, 5.74) is 4.03. The van der Waals surface area contributed by atoms with Crippen LogP contribution in [0.3, 0.4) is 0 Å². The average Bonchev–Trinajstić information content (AvgIpc) is 3.34. The van der Waals surface area contributed by atoms with Gasteiger partial charge in [-0.1, -0.05) is 30.3 Å². The topological polar surface area (TPSA) is 61.8 Å². The minimum absolute atomic E-state index is 0.00320. The Labute approximate surface area is 199 Å². The second kappa shape index (κ2) is 9.17. The Balaban J connectivity index is 1.62. The fourth-order valence-electron chi connectivity index (χ4n) is 4.59. The Hall–Kier alpha value is -3.87. The lowest BCUT2D eigenvalue weighted by Gasteiger charge is -2.38. The van der Waals surface area contributed by atoms with E-state index >= 15 is 0 Å². The Bertz CT molecular complexity index is 1190. The maximum absolute atomic E-state index is 6.53. The van der Waals surface area contributed by atoms with Crippen molar-refractivity contribution >= 4 is 5.71 Å². The summed E-state index contributed by atoms with van der Waals surface area (Å²) in [6.07, 6.45) is 0.294. The third kappa shape index (κ3) is 3.77. The van der Waals surface area contributed by atoms with E-state index in [1.165, 1.54) is 0 Å². The molecule has 0 bridgehead atoms. The molecule has 0 fully saturated rings. The lowest BCUT2D eigenvalue weighted by atomic mass is 9.95. The van der Waals surface area contributed by atoms with Crippen LogP contribution < -0.4 is 23.7 Å². The molecule has 2 heterocycles. The quantitative estimate of drug-likeness (QED) is 0.474. The second-order valence-electron chi connectivity index (χ2n) is 8.07. The van der Waals surface area contributed by atoms with E-state index in [4.69, 9.17) is 28.8 Å². The number of hydrogen-bond donors (Lipinski definition) is 0. The van der Waals surface area contributed by atoms with Crippen LogP contribution in [0.2, 0.25) is 0 Å². The van der Waals surface area contributed by atoms with Gasteiger partial charge in [-0.15, -0.1) is 0 Å². The third-order valence-electron chi connectivity index (χ3n) is 6.15. The zero-order chi connectivity index (χ0) is 23.7. The summed E-state index contributed by atoms with van der Waals surface area (Å²) in [6, 6.07) is 20.1. The van der Waals surface area contributed by atoms with Crippen molar-refractivity contribution in [3.05, 3.63) is 77.4 Å². The van der Waals surface area contributed by atoms with Gasteiger partial charge in [0.2, 0.25) is 12.0 Å². The summed E-state index contributed by atoms with van der Waals surface area (Å²) in [7, 11) is 4.81. The second-order valence-corrected chi connectivity index (χ2v) is 8.07. The van der Waals surface area contributed by atoms with Gasteiger partial charge in [0.15, 0.2) is 11.5 Å². The summed E-state index contributed by atoms with van der Waals surface area (Å²) in [6.45, 7) is 2.59. The molecule has 0 saturated heterocycles. The minimum atomic E-state index is -0.467. The van der Waals surface area contributed by atoms with E-state index in [2.05, 4.69) is 18.2 Å². The van der Waals surface area contributed by atoms with Crippen molar-refractivity contribution in [3.8, 4) is 28.7 Å². The molecule has 176 valence electrons. The summed E-state index contributed by atoms with van der Waals surface area (Å²) in [5.74, 6) is 3.32. The summed E-state index contributed by atoms with van der Waals surface area (Å²) >= 11 is 0. The van der Waals surface area contributed by atoms with E-state index in [-0.39, 0.29) is 6.04 Å². The zero-order valence-corrected chi connectivity index (χ0v) is 19.8. The van der Waals surface area contributed by atoms with E-state index < -0.39 is 6.23 Å². The molecule has 7 heteroatoms. The SMILES string of the molecule is CCOc1ccc2c(c1)[C@H]1CC(c3ccccc3)=NN1[C@@H](c1cc(OC)c(OC)c(OC)c1)O2. The van der Waals surface area contributed by atoms with Gasteiger partial charge in [0.05, 0.1) is 39.7 Å². The summed E-state index contributed by atoms with van der Waals surface area (Å²) in [4.78, 5) is 0. The maximum atomic E-state index is 6.53. The number of ether oxygens (including phenoxy) is 5. The molecular formula is C27H28N2O5. The van der Waals surface area contributed by atoms with Gasteiger partial charge in [-0.25, -0.2) is 5.01 Å². The zero-order valence-electron chi connectivity index (χ0n) is 19.8. The number of hydrazone groups is 1.